The molecule has 4 heteroatoms. The van der Waals surface area contributed by atoms with Gasteiger partial charge in [-0.3, -0.25) is 4.84 Å². The van der Waals surface area contributed by atoms with Gasteiger partial charge >= 0.3 is 5.97 Å². The summed E-state index contributed by atoms with van der Waals surface area (Å²) in [7, 11) is 1.87. The minimum Gasteiger partial charge on any atom is -0.464 e. The van der Waals surface area contributed by atoms with Crippen LogP contribution in [0.15, 0.2) is 66.7 Å². The lowest BCUT2D eigenvalue weighted by Crippen LogP contribution is -2.24. The maximum atomic E-state index is 12.1. The van der Waals surface area contributed by atoms with Crippen LogP contribution in [0.1, 0.15) is 24.9 Å². The summed E-state index contributed by atoms with van der Waals surface area (Å²) >= 11 is 0. The van der Waals surface area contributed by atoms with E-state index >= 15 is 0 Å². The summed E-state index contributed by atoms with van der Waals surface area (Å²) in [6.45, 7) is 2.16. The molecule has 0 N–H and O–H groups in total. The molecule has 1 heterocycles. The third-order valence-electron chi connectivity index (χ3n) is 4.35. The molecule has 1 fully saturated rings. The number of hydrogen-bond donors (Lipinski definition) is 0. The van der Waals surface area contributed by atoms with Gasteiger partial charge in [0.1, 0.15) is 0 Å². The number of hydrogen-bond acceptors (Lipinski definition) is 4. The van der Waals surface area contributed by atoms with E-state index in [1.807, 2.05) is 49.5 Å². The Bertz CT molecular complexity index is 803. The van der Waals surface area contributed by atoms with Crippen molar-refractivity contribution in [1.82, 2.24) is 5.06 Å². The van der Waals surface area contributed by atoms with Gasteiger partial charge in [0, 0.05) is 13.5 Å². The largest absolute Gasteiger partial charge is 0.464 e. The van der Waals surface area contributed by atoms with Crippen molar-refractivity contribution in [3.63, 3.8) is 0 Å². The summed E-state index contributed by atoms with van der Waals surface area (Å²) in [6, 6.07) is 22.5. The predicted molar refractivity (Wildman–Crippen MR) is 98.2 cm³/mol. The number of carbonyl (C=O) groups is 1. The molecule has 2 aromatic rings. The van der Waals surface area contributed by atoms with Crippen molar-refractivity contribution < 1.29 is 14.4 Å². The van der Waals surface area contributed by atoms with Gasteiger partial charge in [-0.15, -0.1) is 0 Å². The lowest BCUT2D eigenvalue weighted by Gasteiger charge is -2.18. The highest BCUT2D eigenvalue weighted by Gasteiger charge is 2.37. The van der Waals surface area contributed by atoms with Gasteiger partial charge in [0.2, 0.25) is 0 Å². The minimum atomic E-state index is -0.558. The van der Waals surface area contributed by atoms with Crippen LogP contribution in [0.4, 0.5) is 0 Å². The zero-order valence-electron chi connectivity index (χ0n) is 14.6. The molecule has 0 saturated carbocycles. The highest BCUT2D eigenvalue weighted by Crippen LogP contribution is 2.35. The number of carbonyl (C=O) groups excluding carboxylic acids is 1. The molecule has 25 heavy (non-hydrogen) atoms. The van der Waals surface area contributed by atoms with Gasteiger partial charge in [0.05, 0.1) is 12.6 Å². The smallest absolute Gasteiger partial charge is 0.337 e. The average molecular weight is 337 g/mol. The maximum absolute atomic E-state index is 12.1. The predicted octanol–water partition coefficient (Wildman–Crippen LogP) is 4.20. The molecule has 1 saturated heterocycles. The van der Waals surface area contributed by atoms with Crippen molar-refractivity contribution in [1.29, 1.82) is 0 Å². The number of fused-ring (bicyclic) bond motifs is 1. The Balaban J connectivity index is 2.07. The molecule has 0 spiro atoms. The van der Waals surface area contributed by atoms with Gasteiger partial charge in [-0.25, -0.2) is 4.79 Å². The van der Waals surface area contributed by atoms with E-state index in [4.69, 9.17) is 9.57 Å². The lowest BCUT2D eigenvalue weighted by atomic mass is 9.97. The van der Waals surface area contributed by atoms with Crippen LogP contribution in [0.3, 0.4) is 0 Å². The summed E-state index contributed by atoms with van der Waals surface area (Å²) in [5.41, 5.74) is 1.13. The summed E-state index contributed by atoms with van der Waals surface area (Å²) in [5, 5.41) is 4.05. The SMILES string of the molecule is CCOC(=O)C1CC(c2cccccccc3ccccc23)N(C)O1. The highest BCUT2D eigenvalue weighted by molar-refractivity contribution is 5.85. The summed E-state index contributed by atoms with van der Waals surface area (Å²) in [5.74, 6) is -0.302. The number of nitrogens with zero attached hydrogens (tertiary/aromatic N) is 1. The lowest BCUT2D eigenvalue weighted by molar-refractivity contribution is -0.181. The van der Waals surface area contributed by atoms with Crippen LogP contribution in [0.25, 0.3) is 10.8 Å². The van der Waals surface area contributed by atoms with E-state index in [9.17, 15) is 4.79 Å². The summed E-state index contributed by atoms with van der Waals surface area (Å²) in [4.78, 5) is 17.8. The van der Waals surface area contributed by atoms with Gasteiger partial charge in [-0.05, 0) is 23.3 Å². The minimum absolute atomic E-state index is 0.0167. The van der Waals surface area contributed by atoms with Crippen molar-refractivity contribution in [3.8, 4) is 0 Å². The number of esters is 1. The van der Waals surface area contributed by atoms with Crippen molar-refractivity contribution in [2.75, 3.05) is 13.7 Å². The summed E-state index contributed by atoms with van der Waals surface area (Å²) in [6.07, 6.45) is 0.0148. The fourth-order valence-corrected chi connectivity index (χ4v) is 3.16. The number of rotatable bonds is 3. The first kappa shape index (κ1) is 17.4. The van der Waals surface area contributed by atoms with Crippen molar-refractivity contribution in [2.24, 2.45) is 0 Å². The highest BCUT2D eigenvalue weighted by atomic mass is 16.7. The van der Waals surface area contributed by atoms with Gasteiger partial charge in [0.15, 0.2) is 6.10 Å². The molecule has 3 rings (SSSR count). The average Bonchev–Trinajstić information content (AvgIpc) is 3.00. The van der Waals surface area contributed by atoms with E-state index in [1.54, 1.807) is 12.0 Å². The first-order valence-corrected chi connectivity index (χ1v) is 8.58. The van der Waals surface area contributed by atoms with Crippen molar-refractivity contribution in [3.05, 3.63) is 72.3 Å². The van der Waals surface area contributed by atoms with Crippen LogP contribution >= 0.6 is 0 Å². The fraction of sp³-hybridized carbons (Fsp3) is 0.286. The second kappa shape index (κ2) is 8.10. The monoisotopic (exact) mass is 337 g/mol. The second-order valence-corrected chi connectivity index (χ2v) is 5.98. The molecule has 0 radical (unpaired) electrons. The normalized spacial score (nSPS) is 20.2. The summed E-state index contributed by atoms with van der Waals surface area (Å²) < 4.78 is 5.12. The third kappa shape index (κ3) is 3.98. The second-order valence-electron chi connectivity index (χ2n) is 5.98. The van der Waals surface area contributed by atoms with E-state index in [2.05, 4.69) is 24.3 Å². The first-order valence-electron chi connectivity index (χ1n) is 8.58. The van der Waals surface area contributed by atoms with Crippen LogP contribution < -0.4 is 0 Å². The van der Waals surface area contributed by atoms with Crippen molar-refractivity contribution >= 4 is 16.7 Å². The molecular formula is C21H23NO3. The standard InChI is InChI=1S/C21H23NO3/c1-3-24-21(23)20-15-19(22(2)25-20)18-14-8-6-4-5-7-11-16-12-9-10-13-17(16)18/h4-14,19-20H,3,15H2,1-2H3. The number of benzene rings is 1. The Hall–Kier alpha value is -2.43. The van der Waals surface area contributed by atoms with E-state index in [0.29, 0.717) is 13.0 Å². The van der Waals surface area contributed by atoms with Crippen LogP contribution in [0.2, 0.25) is 0 Å². The van der Waals surface area contributed by atoms with Gasteiger partial charge in [-0.2, -0.15) is 5.06 Å². The molecule has 4 nitrogen and oxygen atoms in total. The Morgan fingerprint density at radius 1 is 1.08 bits per heavy atom. The zero-order chi connectivity index (χ0) is 17.6. The topological polar surface area (TPSA) is 38.8 Å². The Morgan fingerprint density at radius 2 is 1.72 bits per heavy atom. The van der Waals surface area contributed by atoms with Crippen LogP contribution in [-0.2, 0) is 14.4 Å². The molecule has 0 aliphatic carbocycles. The van der Waals surface area contributed by atoms with Gasteiger partial charge in [-0.1, -0.05) is 66.7 Å². The van der Waals surface area contributed by atoms with Crippen molar-refractivity contribution in [2.45, 2.75) is 25.5 Å². The molecular weight excluding hydrogens is 314 g/mol. The molecule has 2 atom stereocenters. The molecule has 1 aliphatic rings. The van der Waals surface area contributed by atoms with E-state index in [1.165, 1.54) is 0 Å². The molecule has 1 aliphatic heterocycles. The van der Waals surface area contributed by atoms with Crippen LogP contribution in [-0.4, -0.2) is 30.8 Å². The molecule has 2 unspecified atom stereocenters. The number of hydroxylamine groups is 2. The Labute approximate surface area is 148 Å². The molecule has 0 amide bonds. The molecule has 0 aromatic heterocycles. The molecule has 2 aromatic carbocycles. The van der Waals surface area contributed by atoms with Gasteiger partial charge in [0.25, 0.3) is 0 Å². The number of ether oxygens (including phenoxy) is 1. The van der Waals surface area contributed by atoms with E-state index < -0.39 is 6.10 Å². The van der Waals surface area contributed by atoms with Crippen LogP contribution in [0.5, 0.6) is 0 Å². The van der Waals surface area contributed by atoms with Gasteiger partial charge < -0.3 is 4.74 Å². The fourth-order valence-electron chi connectivity index (χ4n) is 3.16. The third-order valence-corrected chi connectivity index (χ3v) is 4.35. The zero-order valence-corrected chi connectivity index (χ0v) is 14.6. The first-order chi connectivity index (χ1) is 12.2. The van der Waals surface area contributed by atoms with E-state index in [-0.39, 0.29) is 12.0 Å². The molecule has 0 bridgehead atoms. The van der Waals surface area contributed by atoms with Crippen LogP contribution in [0, 0.1) is 0 Å². The Morgan fingerprint density at radius 3 is 2.48 bits per heavy atom. The molecule has 130 valence electrons. The van der Waals surface area contributed by atoms with E-state index in [0.717, 1.165) is 16.3 Å². The Kier molecular flexibility index (Phi) is 5.64. The maximum Gasteiger partial charge on any atom is 0.337 e. The quantitative estimate of drug-likeness (QED) is 0.787.